The van der Waals surface area contributed by atoms with E-state index in [1.807, 2.05) is 35.7 Å². The van der Waals surface area contributed by atoms with Crippen LogP contribution in [-0.2, 0) is 4.79 Å². The van der Waals surface area contributed by atoms with E-state index in [9.17, 15) is 4.79 Å². The van der Waals surface area contributed by atoms with Crippen LogP contribution in [-0.4, -0.2) is 12.4 Å². The van der Waals surface area contributed by atoms with Crippen molar-refractivity contribution in [2.75, 3.05) is 7.11 Å². The molecule has 2 rings (SSSR count). The normalized spacial score (nSPS) is 12.2. The SMILES string of the molecule is COc1c(C(C)C(=O)Cl)csc1-c1ccccc1. The van der Waals surface area contributed by atoms with E-state index < -0.39 is 0 Å². The molecule has 4 heteroatoms. The van der Waals surface area contributed by atoms with Crippen LogP contribution in [0.2, 0.25) is 0 Å². The van der Waals surface area contributed by atoms with Gasteiger partial charge >= 0.3 is 0 Å². The fourth-order valence-electron chi connectivity index (χ4n) is 1.78. The van der Waals surface area contributed by atoms with E-state index in [2.05, 4.69) is 0 Å². The molecule has 18 heavy (non-hydrogen) atoms. The summed E-state index contributed by atoms with van der Waals surface area (Å²) in [4.78, 5) is 12.3. The van der Waals surface area contributed by atoms with Gasteiger partial charge in [0.1, 0.15) is 5.75 Å². The highest BCUT2D eigenvalue weighted by Gasteiger charge is 2.22. The third-order valence-corrected chi connectivity index (χ3v) is 4.18. The zero-order valence-electron chi connectivity index (χ0n) is 10.1. The van der Waals surface area contributed by atoms with E-state index in [0.29, 0.717) is 0 Å². The molecular weight excluding hydrogens is 268 g/mol. The standard InChI is InChI=1S/C14H13ClO2S/c1-9(14(15)16)11-8-18-13(12(11)17-2)10-6-4-3-5-7-10/h3-9H,1-2H3. The Morgan fingerprint density at radius 1 is 1.33 bits per heavy atom. The van der Waals surface area contributed by atoms with Gasteiger partial charge in [0.05, 0.1) is 17.9 Å². The first-order chi connectivity index (χ1) is 8.65. The Morgan fingerprint density at radius 2 is 2.00 bits per heavy atom. The number of carbonyl (C=O) groups is 1. The van der Waals surface area contributed by atoms with Crippen molar-refractivity contribution in [3.63, 3.8) is 0 Å². The second-order valence-corrected chi connectivity index (χ2v) is 5.20. The molecule has 94 valence electrons. The second-order valence-electron chi connectivity index (χ2n) is 3.95. The van der Waals surface area contributed by atoms with Crippen molar-refractivity contribution < 1.29 is 9.53 Å². The van der Waals surface area contributed by atoms with Crippen molar-refractivity contribution in [1.29, 1.82) is 0 Å². The highest BCUT2D eigenvalue weighted by atomic mass is 35.5. The van der Waals surface area contributed by atoms with E-state index in [4.69, 9.17) is 16.3 Å². The second kappa shape index (κ2) is 5.55. The molecule has 0 aliphatic carbocycles. The maximum atomic E-state index is 11.3. The molecular formula is C14H13ClO2S. The van der Waals surface area contributed by atoms with E-state index in [1.54, 1.807) is 25.4 Å². The van der Waals surface area contributed by atoms with Crippen LogP contribution in [0.15, 0.2) is 35.7 Å². The first-order valence-corrected chi connectivity index (χ1v) is 6.81. The molecule has 1 aromatic heterocycles. The van der Waals surface area contributed by atoms with Gasteiger partial charge in [0.2, 0.25) is 5.24 Å². The van der Waals surface area contributed by atoms with Crippen molar-refractivity contribution in [1.82, 2.24) is 0 Å². The van der Waals surface area contributed by atoms with E-state index >= 15 is 0 Å². The summed E-state index contributed by atoms with van der Waals surface area (Å²) in [6, 6.07) is 9.96. The lowest BCUT2D eigenvalue weighted by Gasteiger charge is -2.09. The Morgan fingerprint density at radius 3 is 2.56 bits per heavy atom. The fraction of sp³-hybridized carbons (Fsp3) is 0.214. The molecule has 0 saturated carbocycles. The van der Waals surface area contributed by atoms with E-state index in [0.717, 1.165) is 21.8 Å². The van der Waals surface area contributed by atoms with Crippen LogP contribution < -0.4 is 4.74 Å². The largest absolute Gasteiger partial charge is 0.495 e. The van der Waals surface area contributed by atoms with Crippen molar-refractivity contribution in [2.45, 2.75) is 12.8 Å². The minimum absolute atomic E-state index is 0.352. The van der Waals surface area contributed by atoms with Crippen molar-refractivity contribution in [3.05, 3.63) is 41.3 Å². The van der Waals surface area contributed by atoms with Gasteiger partial charge in [-0.2, -0.15) is 0 Å². The predicted molar refractivity (Wildman–Crippen MR) is 75.6 cm³/mol. The molecule has 0 bridgehead atoms. The summed E-state index contributed by atoms with van der Waals surface area (Å²) in [5.74, 6) is 0.392. The number of hydrogen-bond acceptors (Lipinski definition) is 3. The van der Waals surface area contributed by atoms with Gasteiger partial charge in [0, 0.05) is 5.56 Å². The number of benzene rings is 1. The number of carbonyl (C=O) groups excluding carboxylic acids is 1. The maximum Gasteiger partial charge on any atom is 0.229 e. The Hall–Kier alpha value is -1.32. The lowest BCUT2D eigenvalue weighted by Crippen LogP contribution is -2.02. The van der Waals surface area contributed by atoms with Crippen LogP contribution in [0.25, 0.3) is 10.4 Å². The highest BCUT2D eigenvalue weighted by Crippen LogP contribution is 2.42. The molecule has 0 N–H and O–H groups in total. The number of ether oxygens (including phenoxy) is 1. The van der Waals surface area contributed by atoms with Gasteiger partial charge in [-0.1, -0.05) is 30.3 Å². The predicted octanol–water partition coefficient (Wildman–Crippen LogP) is 4.29. The minimum atomic E-state index is -0.370. The molecule has 1 heterocycles. The van der Waals surface area contributed by atoms with Crippen molar-refractivity contribution in [2.24, 2.45) is 0 Å². The third-order valence-electron chi connectivity index (χ3n) is 2.82. The summed E-state index contributed by atoms with van der Waals surface area (Å²) in [7, 11) is 1.61. The molecule has 0 amide bonds. The van der Waals surface area contributed by atoms with Crippen LogP contribution in [0, 0.1) is 0 Å². The van der Waals surface area contributed by atoms with Crippen molar-refractivity contribution in [3.8, 4) is 16.2 Å². The fourth-order valence-corrected chi connectivity index (χ4v) is 3.03. The molecule has 0 radical (unpaired) electrons. The highest BCUT2D eigenvalue weighted by molar-refractivity contribution is 7.14. The van der Waals surface area contributed by atoms with Gasteiger partial charge < -0.3 is 4.74 Å². The van der Waals surface area contributed by atoms with Gasteiger partial charge in [0.25, 0.3) is 0 Å². The number of hydrogen-bond donors (Lipinski definition) is 0. The molecule has 0 spiro atoms. The lowest BCUT2D eigenvalue weighted by atomic mass is 10.0. The third kappa shape index (κ3) is 2.42. The number of methoxy groups -OCH3 is 1. The van der Waals surface area contributed by atoms with E-state index in [1.165, 1.54) is 0 Å². The minimum Gasteiger partial charge on any atom is -0.495 e. The number of rotatable bonds is 4. The first kappa shape index (κ1) is 13.1. The summed E-state index contributed by atoms with van der Waals surface area (Å²) in [5, 5.41) is 1.57. The summed E-state index contributed by atoms with van der Waals surface area (Å²) in [6.07, 6.45) is 0. The van der Waals surface area contributed by atoms with E-state index in [-0.39, 0.29) is 11.2 Å². The Labute approximate surface area is 115 Å². The molecule has 1 unspecified atom stereocenters. The van der Waals surface area contributed by atoms with Gasteiger partial charge in [0.15, 0.2) is 0 Å². The summed E-state index contributed by atoms with van der Waals surface area (Å²) in [6.45, 7) is 1.79. The van der Waals surface area contributed by atoms with Gasteiger partial charge in [-0.15, -0.1) is 11.3 Å². The smallest absolute Gasteiger partial charge is 0.229 e. The molecule has 2 nitrogen and oxygen atoms in total. The zero-order valence-corrected chi connectivity index (χ0v) is 11.7. The quantitative estimate of drug-likeness (QED) is 0.781. The van der Waals surface area contributed by atoms with Gasteiger partial charge in [-0.3, -0.25) is 4.79 Å². The van der Waals surface area contributed by atoms with Crippen LogP contribution in [0.3, 0.4) is 0 Å². The summed E-state index contributed by atoms with van der Waals surface area (Å²) < 4.78 is 5.44. The lowest BCUT2D eigenvalue weighted by molar-refractivity contribution is -0.112. The topological polar surface area (TPSA) is 26.3 Å². The Balaban J connectivity index is 2.49. The Bertz CT molecular complexity index is 548. The molecule has 1 aromatic carbocycles. The molecule has 0 aliphatic heterocycles. The molecule has 2 aromatic rings. The van der Waals surface area contributed by atoms with Crippen LogP contribution in [0.4, 0.5) is 0 Å². The number of thiophene rings is 1. The zero-order chi connectivity index (χ0) is 13.1. The average Bonchev–Trinajstić information content (AvgIpc) is 2.82. The number of halogens is 1. The van der Waals surface area contributed by atoms with Gasteiger partial charge in [-0.25, -0.2) is 0 Å². The molecule has 0 saturated heterocycles. The maximum absolute atomic E-state index is 11.3. The summed E-state index contributed by atoms with van der Waals surface area (Å²) >= 11 is 7.12. The monoisotopic (exact) mass is 280 g/mol. The van der Waals surface area contributed by atoms with Crippen LogP contribution >= 0.6 is 22.9 Å². The molecule has 0 fully saturated rings. The average molecular weight is 281 g/mol. The molecule has 1 atom stereocenters. The Kier molecular flexibility index (Phi) is 4.04. The van der Waals surface area contributed by atoms with Crippen LogP contribution in [0.5, 0.6) is 5.75 Å². The van der Waals surface area contributed by atoms with Crippen LogP contribution in [0.1, 0.15) is 18.4 Å². The first-order valence-electron chi connectivity index (χ1n) is 5.55. The molecule has 0 aliphatic rings. The summed E-state index contributed by atoms with van der Waals surface area (Å²) in [5.41, 5.74) is 1.93. The van der Waals surface area contributed by atoms with Crippen molar-refractivity contribution >= 4 is 28.2 Å². The van der Waals surface area contributed by atoms with Gasteiger partial charge in [-0.05, 0) is 29.5 Å².